The van der Waals surface area contributed by atoms with E-state index in [1.807, 2.05) is 62.4 Å². The number of aryl methyl sites for hydroxylation is 3. The van der Waals surface area contributed by atoms with E-state index in [9.17, 15) is 4.79 Å². The van der Waals surface area contributed by atoms with Gasteiger partial charge in [-0.3, -0.25) is 9.69 Å². The molecule has 0 aliphatic carbocycles. The summed E-state index contributed by atoms with van der Waals surface area (Å²) in [5, 5.41) is 6.32. The number of methoxy groups -OCH3 is 1. The van der Waals surface area contributed by atoms with Gasteiger partial charge in [0.05, 0.1) is 7.11 Å². The smallest absolute Gasteiger partial charge is 0.262 e. The maximum Gasteiger partial charge on any atom is 0.262 e. The van der Waals surface area contributed by atoms with Crippen LogP contribution in [0.4, 0.5) is 23.0 Å². The van der Waals surface area contributed by atoms with Crippen LogP contribution >= 0.6 is 0 Å². The van der Waals surface area contributed by atoms with Crippen LogP contribution in [0.25, 0.3) is 0 Å². The van der Waals surface area contributed by atoms with E-state index in [0.717, 1.165) is 80.2 Å². The van der Waals surface area contributed by atoms with Crippen molar-refractivity contribution in [1.29, 1.82) is 0 Å². The van der Waals surface area contributed by atoms with Gasteiger partial charge in [-0.05, 0) is 87.5 Å². The van der Waals surface area contributed by atoms with E-state index >= 15 is 0 Å². The minimum absolute atomic E-state index is 0.122. The molecule has 1 aliphatic heterocycles. The van der Waals surface area contributed by atoms with Crippen molar-refractivity contribution in [3.63, 3.8) is 0 Å². The molecule has 2 N–H and O–H groups in total. The average Bonchev–Trinajstić information content (AvgIpc) is 3.07. The molecular weight excluding hydrogens is 590 g/mol. The fourth-order valence-corrected chi connectivity index (χ4v) is 5.65. The van der Waals surface area contributed by atoms with Crippen molar-refractivity contribution in [1.82, 2.24) is 19.8 Å². The molecule has 0 saturated carbocycles. The Balaban J connectivity index is 1.35. The Morgan fingerprint density at radius 3 is 2.34 bits per heavy atom. The summed E-state index contributed by atoms with van der Waals surface area (Å²) in [4.78, 5) is 30.0. The maximum atomic E-state index is 13.6. The molecule has 0 spiro atoms. The molecule has 1 fully saturated rings. The molecule has 1 aromatic heterocycles. The lowest BCUT2D eigenvalue weighted by molar-refractivity contribution is 0.102. The van der Waals surface area contributed by atoms with Gasteiger partial charge >= 0.3 is 0 Å². The highest BCUT2D eigenvalue weighted by Gasteiger charge is 2.21. The van der Waals surface area contributed by atoms with Gasteiger partial charge in [-0.25, -0.2) is 4.98 Å². The van der Waals surface area contributed by atoms with Crippen LogP contribution in [0.3, 0.4) is 0 Å². The van der Waals surface area contributed by atoms with Crippen molar-refractivity contribution < 1.29 is 14.3 Å². The van der Waals surface area contributed by atoms with Crippen molar-refractivity contribution >= 4 is 28.9 Å². The van der Waals surface area contributed by atoms with Crippen molar-refractivity contribution in [3.8, 4) is 17.4 Å². The summed E-state index contributed by atoms with van der Waals surface area (Å²) >= 11 is 0. The van der Waals surface area contributed by atoms with Gasteiger partial charge in [0.1, 0.15) is 5.56 Å². The number of anilines is 4. The number of rotatable bonds is 13. The first-order valence-electron chi connectivity index (χ1n) is 16.3. The Kier molecular flexibility index (Phi) is 11.3. The van der Waals surface area contributed by atoms with Gasteiger partial charge in [0.15, 0.2) is 11.5 Å². The fraction of sp³-hybridized carbons (Fsp3) is 0.378. The third-order valence-corrected chi connectivity index (χ3v) is 8.42. The van der Waals surface area contributed by atoms with E-state index in [1.165, 1.54) is 11.9 Å². The van der Waals surface area contributed by atoms with E-state index < -0.39 is 0 Å². The SMILES string of the molecule is CCCc1ccc(Oc2nc(Nc3ccc(N4CCN(CCN(C)C)CC4)cc3)ncc2C(=O)Nc2c(C)cccc2C)c(OC)c1. The number of para-hydroxylation sites is 1. The van der Waals surface area contributed by atoms with Gasteiger partial charge in [0.25, 0.3) is 5.91 Å². The first kappa shape index (κ1) is 33.7. The molecule has 0 bridgehead atoms. The predicted octanol–water partition coefficient (Wildman–Crippen LogP) is 6.53. The molecular formula is C37H47N7O3. The standard InChI is InChI=1S/C37H47N7O3/c1-7-9-28-12-17-32(33(24-28)46-6)47-36-31(35(45)40-34-26(2)10-8-11-27(34)3)25-38-37(41-36)39-29-13-15-30(16-14-29)44-22-20-43(21-23-44)19-18-42(4)5/h8,10-17,24-25H,7,9,18-23H2,1-6H3,(H,40,45)(H,38,39,41). The van der Waals surface area contributed by atoms with Crippen molar-refractivity contribution in [2.24, 2.45) is 0 Å². The number of piperazine rings is 1. The molecule has 10 heteroatoms. The molecule has 1 aliphatic rings. The molecule has 10 nitrogen and oxygen atoms in total. The second-order valence-electron chi connectivity index (χ2n) is 12.3. The van der Waals surface area contributed by atoms with Crippen LogP contribution in [0.1, 0.15) is 40.4 Å². The van der Waals surface area contributed by atoms with Crippen LogP contribution in [0.2, 0.25) is 0 Å². The molecule has 248 valence electrons. The van der Waals surface area contributed by atoms with Gasteiger partial charge in [0, 0.05) is 62.5 Å². The molecule has 1 amide bonds. The van der Waals surface area contributed by atoms with Crippen LogP contribution in [0.15, 0.2) is 66.9 Å². The Bertz CT molecular complexity index is 1630. The topological polar surface area (TPSA) is 95.1 Å². The second kappa shape index (κ2) is 15.8. The molecule has 1 saturated heterocycles. The summed E-state index contributed by atoms with van der Waals surface area (Å²) in [5.74, 6) is 1.10. The fourth-order valence-electron chi connectivity index (χ4n) is 5.65. The van der Waals surface area contributed by atoms with E-state index in [1.54, 1.807) is 7.11 Å². The van der Waals surface area contributed by atoms with E-state index in [4.69, 9.17) is 9.47 Å². The number of aromatic nitrogens is 2. The molecule has 47 heavy (non-hydrogen) atoms. The lowest BCUT2D eigenvalue weighted by Crippen LogP contribution is -2.48. The maximum absolute atomic E-state index is 13.6. The van der Waals surface area contributed by atoms with Gasteiger partial charge in [-0.1, -0.05) is 37.6 Å². The van der Waals surface area contributed by atoms with Crippen molar-refractivity contribution in [3.05, 3.63) is 89.1 Å². The normalized spacial score (nSPS) is 13.5. The lowest BCUT2D eigenvalue weighted by Gasteiger charge is -2.36. The predicted molar refractivity (Wildman–Crippen MR) is 190 cm³/mol. The van der Waals surface area contributed by atoms with Crippen LogP contribution < -0.4 is 25.0 Å². The summed E-state index contributed by atoms with van der Waals surface area (Å²) in [5.41, 5.74) is 6.04. The summed E-state index contributed by atoms with van der Waals surface area (Å²) in [6.45, 7) is 12.3. The number of benzene rings is 3. The zero-order chi connectivity index (χ0) is 33.3. The third kappa shape index (κ3) is 8.78. The second-order valence-corrected chi connectivity index (χ2v) is 12.3. The highest BCUT2D eigenvalue weighted by atomic mass is 16.5. The average molecular weight is 638 g/mol. The number of ether oxygens (including phenoxy) is 2. The summed E-state index contributed by atoms with van der Waals surface area (Å²) in [6.07, 6.45) is 3.44. The van der Waals surface area contributed by atoms with E-state index in [0.29, 0.717) is 17.4 Å². The molecule has 4 aromatic rings. The molecule has 5 rings (SSSR count). The highest BCUT2D eigenvalue weighted by Crippen LogP contribution is 2.34. The first-order chi connectivity index (χ1) is 22.7. The summed E-state index contributed by atoms with van der Waals surface area (Å²) in [6, 6.07) is 20.0. The number of hydrogen-bond donors (Lipinski definition) is 2. The Morgan fingerprint density at radius 2 is 1.68 bits per heavy atom. The van der Waals surface area contributed by atoms with Crippen LogP contribution in [0, 0.1) is 13.8 Å². The minimum Gasteiger partial charge on any atom is -0.493 e. The zero-order valence-electron chi connectivity index (χ0n) is 28.5. The zero-order valence-corrected chi connectivity index (χ0v) is 28.5. The quantitative estimate of drug-likeness (QED) is 0.170. The molecule has 0 unspecified atom stereocenters. The Labute approximate surface area is 278 Å². The van der Waals surface area contributed by atoms with Crippen LogP contribution in [-0.4, -0.2) is 86.1 Å². The van der Waals surface area contributed by atoms with Crippen LogP contribution in [-0.2, 0) is 6.42 Å². The number of amides is 1. The van der Waals surface area contributed by atoms with Gasteiger partial charge in [-0.15, -0.1) is 0 Å². The minimum atomic E-state index is -0.364. The lowest BCUT2D eigenvalue weighted by atomic mass is 10.1. The Morgan fingerprint density at radius 1 is 0.957 bits per heavy atom. The number of carbonyl (C=O) groups excluding carboxylic acids is 1. The first-order valence-corrected chi connectivity index (χ1v) is 16.3. The van der Waals surface area contributed by atoms with Gasteiger partial charge in [0.2, 0.25) is 11.8 Å². The number of carbonyl (C=O) groups is 1. The highest BCUT2D eigenvalue weighted by molar-refractivity contribution is 6.06. The number of likely N-dealkylation sites (N-methyl/N-ethyl adjacent to an activating group) is 1. The molecule has 2 heterocycles. The summed E-state index contributed by atoms with van der Waals surface area (Å²) < 4.78 is 12.0. The van der Waals surface area contributed by atoms with Crippen molar-refractivity contribution in [2.45, 2.75) is 33.6 Å². The van der Waals surface area contributed by atoms with Gasteiger partial charge in [-0.2, -0.15) is 4.98 Å². The molecule has 0 atom stereocenters. The number of nitrogens with zero attached hydrogens (tertiary/aromatic N) is 5. The third-order valence-electron chi connectivity index (χ3n) is 8.42. The number of hydrogen-bond acceptors (Lipinski definition) is 9. The van der Waals surface area contributed by atoms with E-state index in [-0.39, 0.29) is 17.4 Å². The molecule has 0 radical (unpaired) electrons. The molecule has 3 aromatic carbocycles. The van der Waals surface area contributed by atoms with Gasteiger partial charge < -0.3 is 29.9 Å². The largest absolute Gasteiger partial charge is 0.493 e. The monoisotopic (exact) mass is 637 g/mol. The summed E-state index contributed by atoms with van der Waals surface area (Å²) in [7, 11) is 5.84. The number of nitrogens with one attached hydrogen (secondary N) is 2. The van der Waals surface area contributed by atoms with E-state index in [2.05, 4.69) is 68.5 Å². The van der Waals surface area contributed by atoms with Crippen LogP contribution in [0.5, 0.6) is 17.4 Å². The van der Waals surface area contributed by atoms with Crippen molar-refractivity contribution in [2.75, 3.05) is 76.0 Å². The Hall–Kier alpha value is -4.67.